The van der Waals surface area contributed by atoms with E-state index in [0.717, 1.165) is 50.0 Å². The Bertz CT molecular complexity index is 1160. The second-order valence-corrected chi connectivity index (χ2v) is 11.6. The molecule has 0 radical (unpaired) electrons. The topological polar surface area (TPSA) is 50.3 Å². The normalized spacial score (nSPS) is 15.6. The lowest BCUT2D eigenvalue weighted by Crippen LogP contribution is -2.49. The van der Waals surface area contributed by atoms with E-state index >= 15 is 0 Å². The SMILES string of the molecule is CCn1c(-c2cc(N3CCN(N)CC3)cnc2C(C)C)c(CC(C)(C)CC)c2cc(Br)ccc21. The number of aromatic nitrogens is 2. The third-order valence-electron chi connectivity index (χ3n) is 7.44. The first-order chi connectivity index (χ1) is 16.1. The van der Waals surface area contributed by atoms with E-state index in [-0.39, 0.29) is 5.41 Å². The number of fused-ring (bicyclic) bond motifs is 1. The van der Waals surface area contributed by atoms with E-state index in [0.29, 0.717) is 5.92 Å². The zero-order valence-corrected chi connectivity index (χ0v) is 23.2. The molecule has 0 spiro atoms. The molecule has 3 heterocycles. The van der Waals surface area contributed by atoms with Crippen LogP contribution in [0.4, 0.5) is 5.69 Å². The van der Waals surface area contributed by atoms with Crippen molar-refractivity contribution in [2.45, 2.75) is 66.8 Å². The molecule has 0 unspecified atom stereocenters. The van der Waals surface area contributed by atoms with E-state index in [1.165, 1.54) is 39.1 Å². The summed E-state index contributed by atoms with van der Waals surface area (Å²) in [5.41, 5.74) is 7.95. The molecule has 2 aromatic heterocycles. The van der Waals surface area contributed by atoms with Crippen LogP contribution in [0.25, 0.3) is 22.2 Å². The van der Waals surface area contributed by atoms with Gasteiger partial charge in [0, 0.05) is 53.7 Å². The van der Waals surface area contributed by atoms with Gasteiger partial charge in [0.05, 0.1) is 23.3 Å². The molecular weight excluding hydrogens is 486 g/mol. The number of hydrogen-bond donors (Lipinski definition) is 1. The maximum absolute atomic E-state index is 6.03. The Hall–Kier alpha value is -1.89. The molecule has 0 amide bonds. The van der Waals surface area contributed by atoms with Crippen molar-refractivity contribution in [2.75, 3.05) is 31.1 Å². The average molecular weight is 527 g/mol. The Morgan fingerprint density at radius 1 is 1.09 bits per heavy atom. The third-order valence-corrected chi connectivity index (χ3v) is 7.94. The fraction of sp³-hybridized carbons (Fsp3) is 0.536. The molecule has 4 rings (SSSR count). The lowest BCUT2D eigenvalue weighted by molar-refractivity contribution is 0.266. The summed E-state index contributed by atoms with van der Waals surface area (Å²) in [5.74, 6) is 6.37. The molecule has 184 valence electrons. The number of benzene rings is 1. The fourth-order valence-corrected chi connectivity index (χ4v) is 5.44. The molecule has 34 heavy (non-hydrogen) atoms. The fourth-order valence-electron chi connectivity index (χ4n) is 5.08. The minimum Gasteiger partial charge on any atom is -0.368 e. The quantitative estimate of drug-likeness (QED) is 0.353. The monoisotopic (exact) mass is 525 g/mol. The molecule has 6 heteroatoms. The number of anilines is 1. The minimum atomic E-state index is 0.213. The van der Waals surface area contributed by atoms with Crippen LogP contribution < -0.4 is 10.7 Å². The summed E-state index contributed by atoms with van der Waals surface area (Å²) in [6, 6.07) is 9.13. The highest BCUT2D eigenvalue weighted by Gasteiger charge is 2.27. The number of nitrogens with zero attached hydrogens (tertiary/aromatic N) is 4. The molecule has 0 atom stereocenters. The predicted molar refractivity (Wildman–Crippen MR) is 148 cm³/mol. The van der Waals surface area contributed by atoms with Gasteiger partial charge in [0.25, 0.3) is 0 Å². The second-order valence-electron chi connectivity index (χ2n) is 10.7. The van der Waals surface area contributed by atoms with Crippen molar-refractivity contribution in [3.8, 4) is 11.3 Å². The van der Waals surface area contributed by atoms with Gasteiger partial charge in [0.2, 0.25) is 0 Å². The summed E-state index contributed by atoms with van der Waals surface area (Å²) in [6.45, 7) is 18.4. The van der Waals surface area contributed by atoms with Crippen LogP contribution in [0.2, 0.25) is 0 Å². The summed E-state index contributed by atoms with van der Waals surface area (Å²) in [5, 5.41) is 3.26. The number of aryl methyl sites for hydroxylation is 1. The van der Waals surface area contributed by atoms with Gasteiger partial charge in [-0.15, -0.1) is 0 Å². The molecule has 1 saturated heterocycles. The molecule has 0 aliphatic carbocycles. The van der Waals surface area contributed by atoms with Gasteiger partial charge in [-0.05, 0) is 54.5 Å². The van der Waals surface area contributed by atoms with Crippen molar-refractivity contribution in [2.24, 2.45) is 11.3 Å². The third kappa shape index (κ3) is 4.91. The number of nitrogens with two attached hydrogens (primary N) is 1. The average Bonchev–Trinajstić information content (AvgIpc) is 3.10. The van der Waals surface area contributed by atoms with Crippen LogP contribution in [0, 0.1) is 5.41 Å². The van der Waals surface area contributed by atoms with Crippen molar-refractivity contribution >= 4 is 32.5 Å². The first-order valence-electron chi connectivity index (χ1n) is 12.7. The molecule has 3 aromatic rings. The molecular formula is C28H40BrN5. The predicted octanol–water partition coefficient (Wildman–Crippen LogP) is 6.58. The molecule has 5 nitrogen and oxygen atoms in total. The Labute approximate surface area is 213 Å². The van der Waals surface area contributed by atoms with Gasteiger partial charge in [-0.25, -0.2) is 5.01 Å². The zero-order valence-electron chi connectivity index (χ0n) is 21.7. The largest absolute Gasteiger partial charge is 0.368 e. The van der Waals surface area contributed by atoms with Gasteiger partial charge in [0.1, 0.15) is 0 Å². The van der Waals surface area contributed by atoms with E-state index < -0.39 is 0 Å². The van der Waals surface area contributed by atoms with Gasteiger partial charge < -0.3 is 9.47 Å². The van der Waals surface area contributed by atoms with E-state index in [1.54, 1.807) is 0 Å². The van der Waals surface area contributed by atoms with Crippen LogP contribution >= 0.6 is 15.9 Å². The highest BCUT2D eigenvalue weighted by atomic mass is 79.9. The molecule has 0 bridgehead atoms. The van der Waals surface area contributed by atoms with Gasteiger partial charge in [0.15, 0.2) is 0 Å². The number of pyridine rings is 1. The summed E-state index contributed by atoms with van der Waals surface area (Å²) in [7, 11) is 0. The Morgan fingerprint density at radius 3 is 2.41 bits per heavy atom. The summed E-state index contributed by atoms with van der Waals surface area (Å²) < 4.78 is 3.64. The summed E-state index contributed by atoms with van der Waals surface area (Å²) in [6.07, 6.45) is 4.24. The van der Waals surface area contributed by atoms with E-state index in [4.69, 9.17) is 10.8 Å². The van der Waals surface area contributed by atoms with Gasteiger partial charge in [-0.1, -0.05) is 57.0 Å². The molecule has 1 fully saturated rings. The maximum Gasteiger partial charge on any atom is 0.0560 e. The molecule has 1 aromatic carbocycles. The van der Waals surface area contributed by atoms with Crippen LogP contribution in [0.3, 0.4) is 0 Å². The van der Waals surface area contributed by atoms with Crippen molar-refractivity contribution in [3.63, 3.8) is 0 Å². The number of hydrazine groups is 1. The Balaban J connectivity index is 1.98. The van der Waals surface area contributed by atoms with Crippen LogP contribution in [-0.4, -0.2) is 40.7 Å². The van der Waals surface area contributed by atoms with Crippen LogP contribution in [-0.2, 0) is 13.0 Å². The molecule has 0 saturated carbocycles. The van der Waals surface area contributed by atoms with Crippen molar-refractivity contribution < 1.29 is 0 Å². The van der Waals surface area contributed by atoms with Crippen LogP contribution in [0.15, 0.2) is 34.9 Å². The first kappa shape index (κ1) is 25.2. The maximum atomic E-state index is 6.03. The minimum absolute atomic E-state index is 0.213. The van der Waals surface area contributed by atoms with Crippen molar-refractivity contribution in [1.82, 2.24) is 14.6 Å². The van der Waals surface area contributed by atoms with Gasteiger partial charge in [-0.2, -0.15) is 0 Å². The Kier molecular flexibility index (Phi) is 7.41. The lowest BCUT2D eigenvalue weighted by Gasteiger charge is -2.34. The van der Waals surface area contributed by atoms with E-state index in [2.05, 4.69) is 97.4 Å². The number of piperazine rings is 1. The standard InChI is InChI=1S/C28H40BrN5/c1-7-28(5,6)17-24-22-15-20(29)9-10-25(22)34(8-2)27(24)23-16-21(18-31-26(23)19(3)4)32-11-13-33(30)14-12-32/h9-10,15-16,18-19H,7-8,11-14,17,30H2,1-6H3. The van der Waals surface area contributed by atoms with Crippen molar-refractivity contribution in [1.29, 1.82) is 0 Å². The second kappa shape index (κ2) is 10.00. The van der Waals surface area contributed by atoms with Crippen LogP contribution in [0.1, 0.15) is 65.1 Å². The Morgan fingerprint density at radius 2 is 1.79 bits per heavy atom. The highest BCUT2D eigenvalue weighted by molar-refractivity contribution is 9.10. The molecule has 1 aliphatic rings. The first-order valence-corrected chi connectivity index (χ1v) is 13.5. The highest BCUT2D eigenvalue weighted by Crippen LogP contribution is 2.42. The number of halogens is 1. The number of rotatable bonds is 7. The number of hydrogen-bond acceptors (Lipinski definition) is 4. The summed E-state index contributed by atoms with van der Waals surface area (Å²) >= 11 is 3.74. The molecule has 2 N–H and O–H groups in total. The molecule has 1 aliphatic heterocycles. The van der Waals surface area contributed by atoms with Crippen LogP contribution in [0.5, 0.6) is 0 Å². The smallest absolute Gasteiger partial charge is 0.0560 e. The van der Waals surface area contributed by atoms with E-state index in [9.17, 15) is 0 Å². The van der Waals surface area contributed by atoms with Crippen molar-refractivity contribution in [3.05, 3.63) is 46.2 Å². The zero-order chi connectivity index (χ0) is 24.6. The lowest BCUT2D eigenvalue weighted by atomic mass is 9.81. The van der Waals surface area contributed by atoms with Gasteiger partial charge >= 0.3 is 0 Å². The van der Waals surface area contributed by atoms with E-state index in [1.807, 2.05) is 5.01 Å². The van der Waals surface area contributed by atoms with Gasteiger partial charge in [-0.3, -0.25) is 10.8 Å². The summed E-state index contributed by atoms with van der Waals surface area (Å²) in [4.78, 5) is 7.49.